The predicted molar refractivity (Wildman–Crippen MR) is 94.9 cm³/mol. The van der Waals surface area contributed by atoms with Gasteiger partial charge in [0, 0.05) is 11.8 Å². The molecular formula is C19H13N3O2S. The Labute approximate surface area is 148 Å². The lowest BCUT2D eigenvalue weighted by atomic mass is 9.99. The van der Waals surface area contributed by atoms with Gasteiger partial charge in [-0.05, 0) is 29.5 Å². The minimum atomic E-state index is -0.492. The van der Waals surface area contributed by atoms with Crippen molar-refractivity contribution in [2.75, 3.05) is 6.61 Å². The SMILES string of the molecule is CCOC(=O)c1[nH]cc(C#N)c1-c1ccc(-c2sccc2C#N)cc1. The summed E-state index contributed by atoms with van der Waals surface area (Å²) in [6.07, 6.45) is 1.50. The molecule has 0 amide bonds. The maximum atomic E-state index is 12.1. The topological polar surface area (TPSA) is 89.7 Å². The molecule has 0 radical (unpaired) electrons. The first kappa shape index (κ1) is 16.5. The smallest absolute Gasteiger partial charge is 0.355 e. The minimum Gasteiger partial charge on any atom is -0.461 e. The molecule has 3 aromatic rings. The van der Waals surface area contributed by atoms with Gasteiger partial charge in [-0.3, -0.25) is 0 Å². The zero-order chi connectivity index (χ0) is 17.8. The van der Waals surface area contributed by atoms with E-state index >= 15 is 0 Å². The van der Waals surface area contributed by atoms with Gasteiger partial charge in [-0.25, -0.2) is 4.79 Å². The van der Waals surface area contributed by atoms with Crippen molar-refractivity contribution in [1.29, 1.82) is 10.5 Å². The summed E-state index contributed by atoms with van der Waals surface area (Å²) in [7, 11) is 0. The van der Waals surface area contributed by atoms with Gasteiger partial charge >= 0.3 is 5.97 Å². The average Bonchev–Trinajstić information content (AvgIpc) is 3.28. The fourth-order valence-electron chi connectivity index (χ4n) is 2.58. The van der Waals surface area contributed by atoms with E-state index in [2.05, 4.69) is 17.1 Å². The number of nitrogens with zero attached hydrogens (tertiary/aromatic N) is 2. The number of aromatic amines is 1. The Hall–Kier alpha value is -3.35. The molecule has 6 heteroatoms. The van der Waals surface area contributed by atoms with Crippen LogP contribution in [-0.2, 0) is 4.74 Å². The second-order valence-corrected chi connectivity index (χ2v) is 6.05. The van der Waals surface area contributed by atoms with E-state index in [-0.39, 0.29) is 12.3 Å². The lowest BCUT2D eigenvalue weighted by Crippen LogP contribution is -2.06. The number of carbonyl (C=O) groups excluding carboxylic acids is 1. The number of benzene rings is 1. The number of nitrogens with one attached hydrogen (secondary N) is 1. The number of rotatable bonds is 4. The van der Waals surface area contributed by atoms with Gasteiger partial charge in [-0.15, -0.1) is 11.3 Å². The van der Waals surface area contributed by atoms with E-state index in [1.54, 1.807) is 13.0 Å². The van der Waals surface area contributed by atoms with Crippen LogP contribution in [0.1, 0.15) is 28.5 Å². The van der Waals surface area contributed by atoms with Crippen LogP contribution >= 0.6 is 11.3 Å². The van der Waals surface area contributed by atoms with E-state index < -0.39 is 5.97 Å². The van der Waals surface area contributed by atoms with Crippen molar-refractivity contribution in [1.82, 2.24) is 4.98 Å². The maximum absolute atomic E-state index is 12.1. The molecule has 122 valence electrons. The van der Waals surface area contributed by atoms with Crippen molar-refractivity contribution < 1.29 is 9.53 Å². The highest BCUT2D eigenvalue weighted by Crippen LogP contribution is 2.33. The van der Waals surface area contributed by atoms with Crippen molar-refractivity contribution in [2.24, 2.45) is 0 Å². The molecule has 1 aromatic carbocycles. The fourth-order valence-corrected chi connectivity index (χ4v) is 3.44. The van der Waals surface area contributed by atoms with E-state index in [4.69, 9.17) is 10.00 Å². The molecule has 3 rings (SSSR count). The summed E-state index contributed by atoms with van der Waals surface area (Å²) in [5.41, 5.74) is 3.45. The van der Waals surface area contributed by atoms with E-state index in [9.17, 15) is 10.1 Å². The zero-order valence-electron chi connectivity index (χ0n) is 13.4. The number of carbonyl (C=O) groups is 1. The Morgan fingerprint density at radius 3 is 2.44 bits per heavy atom. The van der Waals surface area contributed by atoms with Gasteiger partial charge in [-0.1, -0.05) is 24.3 Å². The monoisotopic (exact) mass is 347 g/mol. The molecule has 0 aliphatic heterocycles. The van der Waals surface area contributed by atoms with Crippen LogP contribution in [0.25, 0.3) is 21.6 Å². The second kappa shape index (κ2) is 7.04. The first-order chi connectivity index (χ1) is 12.2. The van der Waals surface area contributed by atoms with Gasteiger partial charge in [-0.2, -0.15) is 10.5 Å². The van der Waals surface area contributed by atoms with E-state index in [0.29, 0.717) is 16.7 Å². The van der Waals surface area contributed by atoms with E-state index in [0.717, 1.165) is 16.0 Å². The van der Waals surface area contributed by atoms with Crippen LogP contribution in [0.5, 0.6) is 0 Å². The molecule has 0 bridgehead atoms. The van der Waals surface area contributed by atoms with E-state index in [1.165, 1.54) is 17.5 Å². The molecular weight excluding hydrogens is 334 g/mol. The lowest BCUT2D eigenvalue weighted by molar-refractivity contribution is 0.0521. The van der Waals surface area contributed by atoms with Crippen LogP contribution in [-0.4, -0.2) is 17.6 Å². The molecule has 0 spiro atoms. The Balaban J connectivity index is 2.04. The molecule has 0 atom stereocenters. The van der Waals surface area contributed by atoms with Crippen LogP contribution in [0.3, 0.4) is 0 Å². The maximum Gasteiger partial charge on any atom is 0.355 e. The summed E-state index contributed by atoms with van der Waals surface area (Å²) in [5.74, 6) is -0.492. The quantitative estimate of drug-likeness (QED) is 0.711. The van der Waals surface area contributed by atoms with Gasteiger partial charge < -0.3 is 9.72 Å². The third kappa shape index (κ3) is 3.03. The molecule has 0 saturated carbocycles. The molecule has 2 heterocycles. The Morgan fingerprint density at radius 2 is 1.80 bits per heavy atom. The van der Waals surface area contributed by atoms with Crippen molar-refractivity contribution in [2.45, 2.75) is 6.92 Å². The van der Waals surface area contributed by atoms with Crippen molar-refractivity contribution in [3.63, 3.8) is 0 Å². The number of ether oxygens (including phenoxy) is 1. The first-order valence-electron chi connectivity index (χ1n) is 7.56. The largest absolute Gasteiger partial charge is 0.461 e. The highest BCUT2D eigenvalue weighted by atomic mass is 32.1. The fraction of sp³-hybridized carbons (Fsp3) is 0.105. The molecule has 5 nitrogen and oxygen atoms in total. The van der Waals surface area contributed by atoms with Crippen molar-refractivity contribution in [3.8, 4) is 33.7 Å². The molecule has 0 aliphatic rings. The summed E-state index contributed by atoms with van der Waals surface area (Å²) in [6.45, 7) is 1.99. The zero-order valence-corrected chi connectivity index (χ0v) is 14.2. The highest BCUT2D eigenvalue weighted by Gasteiger charge is 2.20. The number of hydrogen-bond donors (Lipinski definition) is 1. The number of hydrogen-bond acceptors (Lipinski definition) is 5. The summed E-state index contributed by atoms with van der Waals surface area (Å²) in [5, 5.41) is 20.4. The van der Waals surface area contributed by atoms with Crippen molar-refractivity contribution >= 4 is 17.3 Å². The second-order valence-electron chi connectivity index (χ2n) is 5.14. The normalized spacial score (nSPS) is 10.0. The first-order valence-corrected chi connectivity index (χ1v) is 8.44. The Morgan fingerprint density at radius 1 is 1.12 bits per heavy atom. The summed E-state index contributed by atoms with van der Waals surface area (Å²) in [4.78, 5) is 15.8. The third-order valence-corrected chi connectivity index (χ3v) is 4.67. The molecule has 1 N–H and O–H groups in total. The number of nitriles is 2. The molecule has 0 saturated heterocycles. The highest BCUT2D eigenvalue weighted by molar-refractivity contribution is 7.13. The van der Waals surface area contributed by atoms with Crippen LogP contribution in [0, 0.1) is 22.7 Å². The van der Waals surface area contributed by atoms with Gasteiger partial charge in [0.05, 0.1) is 22.6 Å². The van der Waals surface area contributed by atoms with Gasteiger partial charge in [0.15, 0.2) is 0 Å². The molecule has 0 aliphatic carbocycles. The van der Waals surface area contributed by atoms with Crippen LogP contribution in [0.15, 0.2) is 41.9 Å². The van der Waals surface area contributed by atoms with Crippen molar-refractivity contribution in [3.05, 3.63) is 58.7 Å². The molecule has 25 heavy (non-hydrogen) atoms. The summed E-state index contributed by atoms with van der Waals surface area (Å²) in [6, 6.07) is 13.5. The summed E-state index contributed by atoms with van der Waals surface area (Å²) < 4.78 is 5.05. The Bertz CT molecular complexity index is 1000. The molecule has 2 aromatic heterocycles. The average molecular weight is 347 g/mol. The van der Waals surface area contributed by atoms with Crippen LogP contribution < -0.4 is 0 Å². The number of thiophene rings is 1. The van der Waals surface area contributed by atoms with Crippen LogP contribution in [0.2, 0.25) is 0 Å². The molecule has 0 fully saturated rings. The Kier molecular flexibility index (Phi) is 4.65. The summed E-state index contributed by atoms with van der Waals surface area (Å²) >= 11 is 1.50. The lowest BCUT2D eigenvalue weighted by Gasteiger charge is -2.06. The number of esters is 1. The minimum absolute atomic E-state index is 0.257. The van der Waals surface area contributed by atoms with Gasteiger partial charge in [0.25, 0.3) is 0 Å². The predicted octanol–water partition coefficient (Wildman–Crippen LogP) is 4.33. The van der Waals surface area contributed by atoms with E-state index in [1.807, 2.05) is 29.6 Å². The van der Waals surface area contributed by atoms with Gasteiger partial charge in [0.2, 0.25) is 0 Å². The van der Waals surface area contributed by atoms with Crippen LogP contribution in [0.4, 0.5) is 0 Å². The number of aromatic nitrogens is 1. The number of H-pyrrole nitrogens is 1. The standard InChI is InChI=1S/C19H13N3O2S/c1-2-24-19(23)17-16(15(10-21)11-22-17)12-3-5-13(6-4-12)18-14(9-20)7-8-25-18/h3-8,11,22H,2H2,1H3. The third-order valence-electron chi connectivity index (χ3n) is 3.70. The van der Waals surface area contributed by atoms with Gasteiger partial charge in [0.1, 0.15) is 17.8 Å². The molecule has 0 unspecified atom stereocenters.